The third kappa shape index (κ3) is 3.66. The number of rotatable bonds is 5. The molecule has 0 aliphatic heterocycles. The van der Waals surface area contributed by atoms with E-state index in [1.54, 1.807) is 6.08 Å². The number of terminal acetylenes is 1. The molecular weight excluding hydrogens is 322 g/mol. The first-order chi connectivity index (χ1) is 12.7. The predicted molar refractivity (Wildman–Crippen MR) is 103 cm³/mol. The monoisotopic (exact) mass is 339 g/mol. The first-order valence-corrected chi connectivity index (χ1v) is 8.18. The summed E-state index contributed by atoms with van der Waals surface area (Å²) < 4.78 is 1.93. The van der Waals surface area contributed by atoms with Gasteiger partial charge < -0.3 is 9.88 Å². The zero-order valence-electron chi connectivity index (χ0n) is 14.1. The van der Waals surface area contributed by atoms with E-state index in [1.165, 1.54) is 0 Å². The molecule has 1 amide bonds. The van der Waals surface area contributed by atoms with Crippen LogP contribution < -0.4 is 5.32 Å². The van der Waals surface area contributed by atoms with Gasteiger partial charge >= 0.3 is 0 Å². The minimum Gasteiger partial charge on any atom is -0.347 e. The summed E-state index contributed by atoms with van der Waals surface area (Å²) in [5, 5.41) is 13.2. The predicted octanol–water partition coefficient (Wildman–Crippen LogP) is 3.50. The van der Waals surface area contributed by atoms with E-state index in [2.05, 4.69) is 11.2 Å². The normalized spacial score (nSPS) is 10.9. The first kappa shape index (κ1) is 17.1. The zero-order chi connectivity index (χ0) is 18.4. The van der Waals surface area contributed by atoms with E-state index in [9.17, 15) is 10.1 Å². The highest BCUT2D eigenvalue weighted by Gasteiger charge is 2.12. The van der Waals surface area contributed by atoms with Gasteiger partial charge in [0.2, 0.25) is 0 Å². The smallest absolute Gasteiger partial charge is 0.262 e. The highest BCUT2D eigenvalue weighted by Crippen LogP contribution is 2.23. The van der Waals surface area contributed by atoms with Crippen LogP contribution in [-0.4, -0.2) is 10.5 Å². The zero-order valence-corrected chi connectivity index (χ0v) is 14.1. The second kappa shape index (κ2) is 7.88. The Hall–Kier alpha value is -3.76. The van der Waals surface area contributed by atoms with Crippen LogP contribution in [0.4, 0.5) is 0 Å². The topological polar surface area (TPSA) is 57.8 Å². The Kier molecular flexibility index (Phi) is 5.17. The lowest BCUT2D eigenvalue weighted by Gasteiger charge is -2.04. The molecule has 1 N–H and O–H groups in total. The quantitative estimate of drug-likeness (QED) is 0.439. The lowest BCUT2D eigenvalue weighted by atomic mass is 10.1. The van der Waals surface area contributed by atoms with Crippen LogP contribution in [0.15, 0.2) is 66.4 Å². The van der Waals surface area contributed by atoms with Crippen molar-refractivity contribution in [1.29, 1.82) is 5.26 Å². The van der Waals surface area contributed by atoms with Gasteiger partial charge in [0, 0.05) is 29.2 Å². The molecule has 26 heavy (non-hydrogen) atoms. The molecule has 0 aliphatic rings. The molecule has 0 saturated heterocycles. The summed E-state index contributed by atoms with van der Waals surface area (Å²) in [6, 6.07) is 19.3. The fourth-order valence-corrected chi connectivity index (χ4v) is 2.80. The highest BCUT2D eigenvalue weighted by molar-refractivity contribution is 6.04. The standard InChI is InChI=1S/C22H17N3O/c1-2-12-25-16-19(20-10-6-7-11-21(20)25)13-18(14-23)22(26)24-15-17-8-4-3-5-9-17/h1,3-11,13,16H,12,15H2,(H,24,26)/b18-13-. The number of carbonyl (C=O) groups is 1. The van der Waals surface area contributed by atoms with Gasteiger partial charge in [0.1, 0.15) is 11.6 Å². The summed E-state index contributed by atoms with van der Waals surface area (Å²) in [6.45, 7) is 0.800. The minimum absolute atomic E-state index is 0.0598. The van der Waals surface area contributed by atoms with Gasteiger partial charge in [-0.3, -0.25) is 4.79 Å². The van der Waals surface area contributed by atoms with Crippen LogP contribution in [0.25, 0.3) is 17.0 Å². The summed E-state index contributed by atoms with van der Waals surface area (Å²) in [5.74, 6) is 2.22. The van der Waals surface area contributed by atoms with Crippen LogP contribution in [0.3, 0.4) is 0 Å². The van der Waals surface area contributed by atoms with Crippen molar-refractivity contribution in [2.24, 2.45) is 0 Å². The van der Waals surface area contributed by atoms with E-state index in [1.807, 2.05) is 71.4 Å². The van der Waals surface area contributed by atoms with Gasteiger partial charge in [-0.1, -0.05) is 54.5 Å². The van der Waals surface area contributed by atoms with Crippen molar-refractivity contribution >= 4 is 22.9 Å². The molecule has 0 aliphatic carbocycles. The van der Waals surface area contributed by atoms with Crippen molar-refractivity contribution < 1.29 is 4.79 Å². The number of benzene rings is 2. The fraction of sp³-hybridized carbons (Fsp3) is 0.0909. The summed E-state index contributed by atoms with van der Waals surface area (Å²) in [5.41, 5.74) is 2.80. The Morgan fingerprint density at radius 2 is 1.88 bits per heavy atom. The largest absolute Gasteiger partial charge is 0.347 e. The van der Waals surface area contributed by atoms with E-state index in [0.717, 1.165) is 22.0 Å². The number of amides is 1. The molecule has 1 heterocycles. The third-order valence-corrected chi connectivity index (χ3v) is 4.04. The SMILES string of the molecule is C#CCn1cc(/C=C(/C#N)C(=O)NCc2ccccc2)c2ccccc21. The van der Waals surface area contributed by atoms with Crippen molar-refractivity contribution in [3.8, 4) is 18.4 Å². The summed E-state index contributed by atoms with van der Waals surface area (Å²) in [4.78, 5) is 12.4. The molecule has 3 aromatic rings. The Morgan fingerprint density at radius 1 is 1.15 bits per heavy atom. The van der Waals surface area contributed by atoms with Gasteiger partial charge in [-0.15, -0.1) is 6.42 Å². The molecule has 0 fully saturated rings. The average Bonchev–Trinajstić information content (AvgIpc) is 3.03. The molecule has 4 heteroatoms. The molecule has 0 spiro atoms. The summed E-state index contributed by atoms with van der Waals surface area (Å²) in [6.07, 6.45) is 8.90. The Morgan fingerprint density at radius 3 is 2.62 bits per heavy atom. The van der Waals surface area contributed by atoms with Gasteiger partial charge in [0.15, 0.2) is 0 Å². The Bertz CT molecular complexity index is 1050. The first-order valence-electron chi connectivity index (χ1n) is 8.18. The minimum atomic E-state index is -0.398. The number of nitriles is 1. The Labute approximate surface area is 152 Å². The van der Waals surface area contributed by atoms with Crippen molar-refractivity contribution in [3.63, 3.8) is 0 Å². The van der Waals surface area contributed by atoms with Gasteiger partial charge in [-0.25, -0.2) is 0 Å². The number of aromatic nitrogens is 1. The number of nitrogens with zero attached hydrogens (tertiary/aromatic N) is 2. The van der Waals surface area contributed by atoms with E-state index in [0.29, 0.717) is 13.1 Å². The van der Waals surface area contributed by atoms with E-state index >= 15 is 0 Å². The second-order valence-electron chi connectivity index (χ2n) is 5.77. The van der Waals surface area contributed by atoms with Crippen LogP contribution in [0.5, 0.6) is 0 Å². The van der Waals surface area contributed by atoms with Gasteiger partial charge in [-0.2, -0.15) is 5.26 Å². The number of nitrogens with one attached hydrogen (secondary N) is 1. The van der Waals surface area contributed by atoms with Crippen LogP contribution in [0, 0.1) is 23.7 Å². The molecule has 2 aromatic carbocycles. The van der Waals surface area contributed by atoms with Crippen molar-refractivity contribution in [1.82, 2.24) is 9.88 Å². The van der Waals surface area contributed by atoms with Crippen LogP contribution in [0.1, 0.15) is 11.1 Å². The van der Waals surface area contributed by atoms with Crippen LogP contribution in [0.2, 0.25) is 0 Å². The molecule has 0 radical (unpaired) electrons. The van der Waals surface area contributed by atoms with Crippen molar-refractivity contribution in [2.45, 2.75) is 13.1 Å². The van der Waals surface area contributed by atoms with E-state index < -0.39 is 5.91 Å². The molecule has 0 saturated carbocycles. The lowest BCUT2D eigenvalue weighted by Crippen LogP contribution is -2.23. The second-order valence-corrected chi connectivity index (χ2v) is 5.77. The molecule has 0 bridgehead atoms. The fourth-order valence-electron chi connectivity index (χ4n) is 2.80. The molecule has 1 aromatic heterocycles. The summed E-state index contributed by atoms with van der Waals surface area (Å²) in [7, 11) is 0. The molecule has 3 rings (SSSR count). The number of fused-ring (bicyclic) bond motifs is 1. The summed E-state index contributed by atoms with van der Waals surface area (Å²) >= 11 is 0. The maximum Gasteiger partial charge on any atom is 0.262 e. The number of hydrogen-bond acceptors (Lipinski definition) is 2. The maximum absolute atomic E-state index is 12.4. The van der Waals surface area contributed by atoms with Crippen LogP contribution in [-0.2, 0) is 17.9 Å². The molecule has 0 unspecified atom stereocenters. The average molecular weight is 339 g/mol. The van der Waals surface area contributed by atoms with E-state index in [4.69, 9.17) is 6.42 Å². The molecule has 126 valence electrons. The number of hydrogen-bond donors (Lipinski definition) is 1. The van der Waals surface area contributed by atoms with E-state index in [-0.39, 0.29) is 5.57 Å². The maximum atomic E-state index is 12.4. The molecule has 4 nitrogen and oxygen atoms in total. The van der Waals surface area contributed by atoms with Gasteiger partial charge in [-0.05, 0) is 17.7 Å². The lowest BCUT2D eigenvalue weighted by molar-refractivity contribution is -0.117. The Balaban J connectivity index is 1.87. The third-order valence-electron chi connectivity index (χ3n) is 4.04. The number of para-hydroxylation sites is 1. The van der Waals surface area contributed by atoms with Crippen LogP contribution >= 0.6 is 0 Å². The number of carbonyl (C=O) groups excluding carboxylic acids is 1. The van der Waals surface area contributed by atoms with Crippen molar-refractivity contribution in [3.05, 3.63) is 77.5 Å². The van der Waals surface area contributed by atoms with Gasteiger partial charge in [0.05, 0.1) is 6.54 Å². The van der Waals surface area contributed by atoms with Gasteiger partial charge in [0.25, 0.3) is 5.91 Å². The molecular formula is C22H17N3O. The van der Waals surface area contributed by atoms with Crippen molar-refractivity contribution in [2.75, 3.05) is 0 Å². The molecule has 0 atom stereocenters. The highest BCUT2D eigenvalue weighted by atomic mass is 16.1.